The van der Waals surface area contributed by atoms with E-state index in [2.05, 4.69) is 25.8 Å². The van der Waals surface area contributed by atoms with Crippen LogP contribution in [-0.2, 0) is 6.54 Å². The van der Waals surface area contributed by atoms with Gasteiger partial charge in [0.15, 0.2) is 0 Å². The van der Waals surface area contributed by atoms with Gasteiger partial charge in [-0.05, 0) is 44.5 Å². The van der Waals surface area contributed by atoms with Crippen LogP contribution >= 0.6 is 0 Å². The van der Waals surface area contributed by atoms with Crippen LogP contribution in [0.15, 0.2) is 24.3 Å². The Balaban J connectivity index is 2.23. The number of nitrogens with zero attached hydrogens (tertiary/aromatic N) is 1. The monoisotopic (exact) mass is 264 g/mol. The van der Waals surface area contributed by atoms with E-state index in [4.69, 9.17) is 10.5 Å². The van der Waals surface area contributed by atoms with Gasteiger partial charge in [0.1, 0.15) is 5.75 Å². The lowest BCUT2D eigenvalue weighted by Crippen LogP contribution is -2.30. The molecule has 0 heterocycles. The molecule has 3 nitrogen and oxygen atoms in total. The molecule has 0 fully saturated rings. The third kappa shape index (κ3) is 6.08. The minimum Gasteiger partial charge on any atom is -0.494 e. The van der Waals surface area contributed by atoms with Crippen LogP contribution in [0.2, 0.25) is 0 Å². The molecule has 19 heavy (non-hydrogen) atoms. The van der Waals surface area contributed by atoms with Gasteiger partial charge in [0.25, 0.3) is 0 Å². The Hall–Kier alpha value is -1.06. The number of rotatable bonds is 9. The molecule has 0 aliphatic heterocycles. The molecule has 0 aliphatic carbocycles. The first-order valence-electron chi connectivity index (χ1n) is 7.29. The summed E-state index contributed by atoms with van der Waals surface area (Å²) in [6.07, 6.45) is 3.56. The third-order valence-corrected chi connectivity index (χ3v) is 3.52. The van der Waals surface area contributed by atoms with Crippen LogP contribution in [0, 0.1) is 0 Å². The van der Waals surface area contributed by atoms with Gasteiger partial charge in [0, 0.05) is 19.1 Å². The lowest BCUT2D eigenvalue weighted by Gasteiger charge is -2.24. The highest BCUT2D eigenvalue weighted by atomic mass is 16.5. The van der Waals surface area contributed by atoms with Crippen molar-refractivity contribution in [3.05, 3.63) is 29.8 Å². The minimum absolute atomic E-state index is 0.564. The van der Waals surface area contributed by atoms with Crippen LogP contribution in [0.1, 0.15) is 38.7 Å². The number of nitrogens with two attached hydrogens (primary N) is 1. The summed E-state index contributed by atoms with van der Waals surface area (Å²) in [7, 11) is 2.19. The lowest BCUT2D eigenvalue weighted by atomic mass is 10.2. The average Bonchev–Trinajstić information content (AvgIpc) is 2.43. The fourth-order valence-electron chi connectivity index (χ4n) is 2.12. The van der Waals surface area contributed by atoms with E-state index in [1.54, 1.807) is 0 Å². The van der Waals surface area contributed by atoms with Crippen LogP contribution < -0.4 is 10.5 Å². The molecule has 0 bridgehead atoms. The van der Waals surface area contributed by atoms with E-state index in [9.17, 15) is 0 Å². The summed E-state index contributed by atoms with van der Waals surface area (Å²) in [5.74, 6) is 0.923. The molecule has 1 aromatic rings. The molecule has 0 spiro atoms. The molecule has 3 heteroatoms. The van der Waals surface area contributed by atoms with E-state index in [1.807, 2.05) is 24.3 Å². The average molecular weight is 264 g/mol. The third-order valence-electron chi connectivity index (χ3n) is 3.52. The molecule has 1 unspecified atom stereocenters. The molecule has 0 aliphatic rings. The predicted molar refractivity (Wildman–Crippen MR) is 81.4 cm³/mol. The number of ether oxygens (including phenoxy) is 1. The summed E-state index contributed by atoms with van der Waals surface area (Å²) in [4.78, 5) is 2.41. The van der Waals surface area contributed by atoms with Gasteiger partial charge in [-0.25, -0.2) is 0 Å². The fraction of sp³-hybridized carbons (Fsp3) is 0.625. The SMILES string of the molecule is CCCC(C)N(C)CCCOc1cccc(CN)c1. The topological polar surface area (TPSA) is 38.5 Å². The second kappa shape index (κ2) is 8.94. The van der Waals surface area contributed by atoms with Crippen molar-refractivity contribution in [1.29, 1.82) is 0 Å². The zero-order chi connectivity index (χ0) is 14.1. The number of hydrogen-bond acceptors (Lipinski definition) is 3. The van der Waals surface area contributed by atoms with Gasteiger partial charge in [0.05, 0.1) is 6.61 Å². The van der Waals surface area contributed by atoms with Gasteiger partial charge in [-0.15, -0.1) is 0 Å². The van der Waals surface area contributed by atoms with Crippen molar-refractivity contribution in [2.45, 2.75) is 45.7 Å². The zero-order valence-electron chi connectivity index (χ0n) is 12.6. The van der Waals surface area contributed by atoms with E-state index in [0.29, 0.717) is 12.6 Å². The highest BCUT2D eigenvalue weighted by molar-refractivity contribution is 5.28. The second-order valence-electron chi connectivity index (χ2n) is 5.17. The van der Waals surface area contributed by atoms with E-state index in [1.165, 1.54) is 12.8 Å². The van der Waals surface area contributed by atoms with Gasteiger partial charge >= 0.3 is 0 Å². The van der Waals surface area contributed by atoms with Crippen molar-refractivity contribution in [1.82, 2.24) is 4.90 Å². The first kappa shape index (κ1) is 16.0. The largest absolute Gasteiger partial charge is 0.494 e. The van der Waals surface area contributed by atoms with Crippen LogP contribution in [0.25, 0.3) is 0 Å². The molecule has 0 radical (unpaired) electrons. The summed E-state index contributed by atoms with van der Waals surface area (Å²) >= 11 is 0. The van der Waals surface area contributed by atoms with E-state index >= 15 is 0 Å². The van der Waals surface area contributed by atoms with Gasteiger partial charge in [-0.3, -0.25) is 0 Å². The predicted octanol–water partition coefficient (Wildman–Crippen LogP) is 3.03. The van der Waals surface area contributed by atoms with Crippen molar-refractivity contribution < 1.29 is 4.74 Å². The highest BCUT2D eigenvalue weighted by Crippen LogP contribution is 2.13. The highest BCUT2D eigenvalue weighted by Gasteiger charge is 2.07. The molecule has 0 saturated carbocycles. The molecule has 1 rings (SSSR count). The summed E-state index contributed by atoms with van der Waals surface area (Å²) in [6, 6.07) is 8.68. The van der Waals surface area contributed by atoms with Crippen molar-refractivity contribution in [2.75, 3.05) is 20.2 Å². The molecule has 2 N–H and O–H groups in total. The van der Waals surface area contributed by atoms with E-state index < -0.39 is 0 Å². The molecule has 1 atom stereocenters. The fourth-order valence-corrected chi connectivity index (χ4v) is 2.12. The number of hydrogen-bond donors (Lipinski definition) is 1. The molecule has 1 aromatic carbocycles. The minimum atomic E-state index is 0.564. The van der Waals surface area contributed by atoms with Gasteiger partial charge in [-0.2, -0.15) is 0 Å². The maximum absolute atomic E-state index is 5.76. The van der Waals surface area contributed by atoms with Crippen LogP contribution in [-0.4, -0.2) is 31.1 Å². The van der Waals surface area contributed by atoms with Gasteiger partial charge in [0.2, 0.25) is 0 Å². The van der Waals surface area contributed by atoms with Crippen LogP contribution in [0.5, 0.6) is 5.75 Å². The zero-order valence-corrected chi connectivity index (χ0v) is 12.6. The molecule has 0 aromatic heterocycles. The molecule has 108 valence electrons. The smallest absolute Gasteiger partial charge is 0.119 e. The van der Waals surface area contributed by atoms with E-state index in [0.717, 1.165) is 30.9 Å². The lowest BCUT2D eigenvalue weighted by molar-refractivity contribution is 0.216. The van der Waals surface area contributed by atoms with Crippen LogP contribution in [0.3, 0.4) is 0 Å². The van der Waals surface area contributed by atoms with Crippen molar-refractivity contribution in [3.63, 3.8) is 0 Å². The Labute approximate surface area is 117 Å². The Morgan fingerprint density at radius 1 is 1.37 bits per heavy atom. The van der Waals surface area contributed by atoms with Gasteiger partial charge < -0.3 is 15.4 Å². The Bertz CT molecular complexity index is 354. The summed E-state index contributed by atoms with van der Waals surface area (Å²) in [6.45, 7) is 6.93. The Morgan fingerprint density at radius 3 is 2.84 bits per heavy atom. The van der Waals surface area contributed by atoms with E-state index in [-0.39, 0.29) is 0 Å². The molecular formula is C16H28N2O. The molecule has 0 amide bonds. The first-order valence-corrected chi connectivity index (χ1v) is 7.29. The summed E-state index contributed by atoms with van der Waals surface area (Å²) in [5.41, 5.74) is 6.73. The number of benzene rings is 1. The van der Waals surface area contributed by atoms with Crippen molar-refractivity contribution >= 4 is 0 Å². The summed E-state index contributed by atoms with van der Waals surface area (Å²) < 4.78 is 5.76. The molecular weight excluding hydrogens is 236 g/mol. The maximum atomic E-state index is 5.76. The van der Waals surface area contributed by atoms with Crippen molar-refractivity contribution in [3.8, 4) is 5.75 Å². The van der Waals surface area contributed by atoms with Gasteiger partial charge in [-0.1, -0.05) is 25.5 Å². The second-order valence-corrected chi connectivity index (χ2v) is 5.17. The van der Waals surface area contributed by atoms with Crippen LogP contribution in [0.4, 0.5) is 0 Å². The summed E-state index contributed by atoms with van der Waals surface area (Å²) in [5, 5.41) is 0. The standard InChI is InChI=1S/C16H28N2O/c1-4-7-14(2)18(3)10-6-11-19-16-9-5-8-15(12-16)13-17/h5,8-9,12,14H,4,6-7,10-11,13,17H2,1-3H3. The van der Waals surface area contributed by atoms with Crippen molar-refractivity contribution in [2.24, 2.45) is 5.73 Å². The normalized spacial score (nSPS) is 12.7. The maximum Gasteiger partial charge on any atom is 0.119 e. The Kier molecular flexibility index (Phi) is 7.53. The quantitative estimate of drug-likeness (QED) is 0.697. The Morgan fingerprint density at radius 2 is 2.16 bits per heavy atom. The first-order chi connectivity index (χ1) is 9.17. The molecule has 0 saturated heterocycles.